The third kappa shape index (κ3) is 2.20. The van der Waals surface area contributed by atoms with Crippen LogP contribution in [0.25, 0.3) is 27.5 Å². The number of rotatable bonds is 3. The van der Waals surface area contributed by atoms with Gasteiger partial charge in [0.25, 0.3) is 5.91 Å². The van der Waals surface area contributed by atoms with Gasteiger partial charge in [-0.05, 0) is 30.3 Å². The largest absolute Gasteiger partial charge is 0.360 e. The molecule has 6 heteroatoms. The van der Waals surface area contributed by atoms with Crippen LogP contribution in [0.2, 0.25) is 0 Å². The number of aromatic nitrogens is 3. The molecule has 0 aliphatic heterocycles. The van der Waals surface area contributed by atoms with E-state index in [0.29, 0.717) is 5.56 Å². The number of anilines is 1. The van der Waals surface area contributed by atoms with Crippen molar-refractivity contribution in [3.05, 3.63) is 78.8 Å². The fourth-order valence-electron chi connectivity index (χ4n) is 3.26. The Morgan fingerprint density at radius 1 is 1.04 bits per heavy atom. The molecule has 0 aliphatic carbocycles. The molecule has 6 nitrogen and oxygen atoms in total. The Morgan fingerprint density at radius 2 is 1.96 bits per heavy atom. The Kier molecular flexibility index (Phi) is 3.15. The van der Waals surface area contributed by atoms with Gasteiger partial charge in [-0.15, -0.1) is 0 Å². The number of carbonyl (C=O) groups is 1. The molecule has 126 valence electrons. The number of hydrogen-bond acceptors (Lipinski definition) is 3. The fourth-order valence-corrected chi connectivity index (χ4v) is 3.26. The van der Waals surface area contributed by atoms with E-state index in [1.54, 1.807) is 6.20 Å². The topological polar surface area (TPSA) is 74.2 Å². The SMILES string of the molecule is O=C(NNc1cccc2c1ncc1cccn12)c1c[nH]c2ccccc12. The lowest BCUT2D eigenvalue weighted by atomic mass is 10.2. The highest BCUT2D eigenvalue weighted by Crippen LogP contribution is 2.22. The van der Waals surface area contributed by atoms with Crippen LogP contribution in [-0.2, 0) is 0 Å². The van der Waals surface area contributed by atoms with Gasteiger partial charge in [0.05, 0.1) is 28.5 Å². The number of fused-ring (bicyclic) bond motifs is 4. The first kappa shape index (κ1) is 14.5. The number of hydrogen-bond donors (Lipinski definition) is 3. The first-order valence-electron chi connectivity index (χ1n) is 8.28. The maximum atomic E-state index is 12.6. The zero-order valence-corrected chi connectivity index (χ0v) is 13.7. The molecule has 0 unspecified atom stereocenters. The first-order chi connectivity index (χ1) is 12.8. The van der Waals surface area contributed by atoms with E-state index in [1.165, 1.54) is 0 Å². The van der Waals surface area contributed by atoms with Gasteiger partial charge in [0, 0.05) is 23.3 Å². The molecule has 0 saturated carbocycles. The molecular formula is C20H15N5O. The molecule has 0 aliphatic rings. The average molecular weight is 341 g/mol. The quantitative estimate of drug-likeness (QED) is 0.438. The normalized spacial score (nSPS) is 11.2. The van der Waals surface area contributed by atoms with Gasteiger partial charge in [0.1, 0.15) is 5.52 Å². The van der Waals surface area contributed by atoms with E-state index in [0.717, 1.165) is 33.1 Å². The average Bonchev–Trinajstić information content (AvgIpc) is 3.32. The molecule has 0 fully saturated rings. The lowest BCUT2D eigenvalue weighted by Gasteiger charge is -2.11. The van der Waals surface area contributed by atoms with Crippen molar-refractivity contribution in [2.24, 2.45) is 0 Å². The van der Waals surface area contributed by atoms with Crippen LogP contribution in [0.1, 0.15) is 10.4 Å². The van der Waals surface area contributed by atoms with E-state index < -0.39 is 0 Å². The molecule has 0 radical (unpaired) electrons. The van der Waals surface area contributed by atoms with E-state index >= 15 is 0 Å². The van der Waals surface area contributed by atoms with Crippen molar-refractivity contribution in [1.82, 2.24) is 19.8 Å². The Hall–Kier alpha value is -3.80. The van der Waals surface area contributed by atoms with E-state index in [1.807, 2.05) is 67.0 Å². The summed E-state index contributed by atoms with van der Waals surface area (Å²) in [5.41, 5.74) is 10.8. The third-order valence-electron chi connectivity index (χ3n) is 4.53. The molecule has 0 atom stereocenters. The lowest BCUT2D eigenvalue weighted by Crippen LogP contribution is -2.29. The molecule has 26 heavy (non-hydrogen) atoms. The van der Waals surface area contributed by atoms with Crippen molar-refractivity contribution < 1.29 is 4.79 Å². The van der Waals surface area contributed by atoms with Crippen LogP contribution >= 0.6 is 0 Å². The van der Waals surface area contributed by atoms with Gasteiger partial charge in [-0.1, -0.05) is 24.3 Å². The highest BCUT2D eigenvalue weighted by Gasteiger charge is 2.12. The number of hydrazine groups is 1. The van der Waals surface area contributed by atoms with Crippen LogP contribution in [-0.4, -0.2) is 20.3 Å². The van der Waals surface area contributed by atoms with Crippen LogP contribution in [0, 0.1) is 0 Å². The number of benzene rings is 2. The van der Waals surface area contributed by atoms with Gasteiger partial charge < -0.3 is 9.38 Å². The molecule has 2 aromatic carbocycles. The summed E-state index contributed by atoms with van der Waals surface area (Å²) in [4.78, 5) is 20.2. The number of H-pyrrole nitrogens is 1. The third-order valence-corrected chi connectivity index (χ3v) is 4.53. The zero-order valence-electron chi connectivity index (χ0n) is 13.7. The molecular weight excluding hydrogens is 326 g/mol. The highest BCUT2D eigenvalue weighted by atomic mass is 16.2. The fraction of sp³-hybridized carbons (Fsp3) is 0. The minimum absolute atomic E-state index is 0.207. The monoisotopic (exact) mass is 341 g/mol. The number of aromatic amines is 1. The van der Waals surface area contributed by atoms with Crippen molar-refractivity contribution in [3.8, 4) is 0 Å². The second kappa shape index (κ2) is 5.63. The summed E-state index contributed by atoms with van der Waals surface area (Å²) in [5, 5.41) is 0.886. The number of para-hydroxylation sites is 2. The van der Waals surface area contributed by atoms with Crippen LogP contribution < -0.4 is 10.9 Å². The summed E-state index contributed by atoms with van der Waals surface area (Å²) < 4.78 is 2.06. The number of nitrogens with one attached hydrogen (secondary N) is 3. The van der Waals surface area contributed by atoms with Crippen molar-refractivity contribution in [2.45, 2.75) is 0 Å². The van der Waals surface area contributed by atoms with Crippen LogP contribution in [0.3, 0.4) is 0 Å². The Bertz CT molecular complexity index is 1270. The maximum absolute atomic E-state index is 12.6. The molecule has 3 aromatic heterocycles. The number of amides is 1. The minimum atomic E-state index is -0.207. The highest BCUT2D eigenvalue weighted by molar-refractivity contribution is 6.07. The van der Waals surface area contributed by atoms with E-state index in [-0.39, 0.29) is 5.91 Å². The molecule has 3 N–H and O–H groups in total. The second-order valence-electron chi connectivity index (χ2n) is 6.06. The zero-order chi connectivity index (χ0) is 17.5. The van der Waals surface area contributed by atoms with Crippen LogP contribution in [0.15, 0.2) is 73.2 Å². The molecule has 5 rings (SSSR count). The summed E-state index contributed by atoms with van der Waals surface area (Å²) in [5.74, 6) is -0.207. The van der Waals surface area contributed by atoms with Crippen molar-refractivity contribution >= 4 is 39.0 Å². The van der Waals surface area contributed by atoms with Crippen molar-refractivity contribution in [3.63, 3.8) is 0 Å². The van der Waals surface area contributed by atoms with Crippen LogP contribution in [0.4, 0.5) is 5.69 Å². The summed E-state index contributed by atoms with van der Waals surface area (Å²) >= 11 is 0. The molecule has 5 aromatic rings. The van der Waals surface area contributed by atoms with Gasteiger partial charge in [-0.25, -0.2) is 0 Å². The smallest absolute Gasteiger partial charge is 0.271 e. The molecule has 0 saturated heterocycles. The predicted molar refractivity (Wildman–Crippen MR) is 102 cm³/mol. The molecule has 1 amide bonds. The van der Waals surface area contributed by atoms with Gasteiger partial charge in [0.2, 0.25) is 0 Å². The summed E-state index contributed by atoms with van der Waals surface area (Å²) in [6.07, 6.45) is 5.52. The lowest BCUT2D eigenvalue weighted by molar-refractivity contribution is 0.0964. The molecule has 0 spiro atoms. The maximum Gasteiger partial charge on any atom is 0.271 e. The van der Waals surface area contributed by atoms with Gasteiger partial charge in [0.15, 0.2) is 0 Å². The first-order valence-corrected chi connectivity index (χ1v) is 8.28. The number of carbonyl (C=O) groups excluding carboxylic acids is 1. The summed E-state index contributed by atoms with van der Waals surface area (Å²) in [6, 6.07) is 17.5. The second-order valence-corrected chi connectivity index (χ2v) is 6.06. The van der Waals surface area contributed by atoms with Gasteiger partial charge >= 0.3 is 0 Å². The minimum Gasteiger partial charge on any atom is -0.360 e. The summed E-state index contributed by atoms with van der Waals surface area (Å²) in [7, 11) is 0. The molecule has 0 bridgehead atoms. The predicted octanol–water partition coefficient (Wildman–Crippen LogP) is 3.73. The van der Waals surface area contributed by atoms with E-state index in [2.05, 4.69) is 25.2 Å². The Labute approximate surface area is 148 Å². The Morgan fingerprint density at radius 3 is 2.92 bits per heavy atom. The van der Waals surface area contributed by atoms with Gasteiger partial charge in [-0.3, -0.25) is 20.6 Å². The van der Waals surface area contributed by atoms with E-state index in [9.17, 15) is 4.79 Å². The van der Waals surface area contributed by atoms with Crippen molar-refractivity contribution in [2.75, 3.05) is 5.43 Å². The van der Waals surface area contributed by atoms with Crippen LogP contribution in [0.5, 0.6) is 0 Å². The Balaban J connectivity index is 1.47. The van der Waals surface area contributed by atoms with Crippen molar-refractivity contribution in [1.29, 1.82) is 0 Å². The van der Waals surface area contributed by atoms with E-state index in [4.69, 9.17) is 0 Å². The standard InChI is InChI=1S/C20H15N5O/c26-20(15-12-21-16-7-2-1-6-14(15)16)24-23-17-8-3-9-18-19(17)22-11-13-5-4-10-25(13)18/h1-12,21,23H,(H,24,26). The molecule has 3 heterocycles. The number of nitrogens with zero attached hydrogens (tertiary/aromatic N) is 2. The van der Waals surface area contributed by atoms with Gasteiger partial charge in [-0.2, -0.15) is 0 Å². The summed E-state index contributed by atoms with van der Waals surface area (Å²) in [6.45, 7) is 0.